The molecule has 3 aliphatic rings. The van der Waals surface area contributed by atoms with E-state index >= 15 is 0 Å². The lowest BCUT2D eigenvalue weighted by Crippen LogP contribution is -2.57. The highest BCUT2D eigenvalue weighted by Crippen LogP contribution is 2.61. The summed E-state index contributed by atoms with van der Waals surface area (Å²) in [6.07, 6.45) is 4.03. The van der Waals surface area contributed by atoms with Crippen molar-refractivity contribution < 1.29 is 9.53 Å². The van der Waals surface area contributed by atoms with Crippen molar-refractivity contribution in [3.63, 3.8) is 0 Å². The minimum Gasteiger partial charge on any atom is -0.458 e. The van der Waals surface area contributed by atoms with Crippen LogP contribution in [-0.4, -0.2) is 31.2 Å². The number of hydrogen-bond acceptors (Lipinski definition) is 4. The summed E-state index contributed by atoms with van der Waals surface area (Å²) in [5.41, 5.74) is 0.962. The van der Waals surface area contributed by atoms with Crippen molar-refractivity contribution in [3.8, 4) is 0 Å². The van der Waals surface area contributed by atoms with Crippen molar-refractivity contribution in [2.75, 3.05) is 19.0 Å². The predicted molar refractivity (Wildman–Crippen MR) is 86.9 cm³/mol. The van der Waals surface area contributed by atoms with Crippen LogP contribution in [0.1, 0.15) is 44.0 Å². The SMILES string of the molecule is C[C@@H]1[C@@H](OC(=O)c2cccnc2N(C)C)C[C@@H]2C[C@H]1C2(C)C. The second kappa shape index (κ2) is 5.25. The molecular weight excluding hydrogens is 276 g/mol. The van der Waals surface area contributed by atoms with E-state index in [2.05, 4.69) is 25.8 Å². The number of aromatic nitrogens is 1. The maximum Gasteiger partial charge on any atom is 0.342 e. The van der Waals surface area contributed by atoms with Gasteiger partial charge in [-0.25, -0.2) is 9.78 Å². The molecule has 0 aliphatic heterocycles. The van der Waals surface area contributed by atoms with Crippen molar-refractivity contribution in [1.29, 1.82) is 0 Å². The number of fused-ring (bicyclic) bond motifs is 2. The van der Waals surface area contributed by atoms with Crippen LogP contribution in [0.5, 0.6) is 0 Å². The van der Waals surface area contributed by atoms with E-state index in [1.807, 2.05) is 19.0 Å². The molecule has 22 heavy (non-hydrogen) atoms. The molecule has 0 N–H and O–H groups in total. The third-order valence-electron chi connectivity index (χ3n) is 5.97. The van der Waals surface area contributed by atoms with Crippen molar-refractivity contribution in [3.05, 3.63) is 23.9 Å². The smallest absolute Gasteiger partial charge is 0.342 e. The second-order valence-corrected chi connectivity index (χ2v) is 7.67. The molecule has 120 valence electrons. The van der Waals surface area contributed by atoms with Crippen LogP contribution in [0.15, 0.2) is 18.3 Å². The average Bonchev–Trinajstić information content (AvgIpc) is 2.48. The summed E-state index contributed by atoms with van der Waals surface area (Å²) in [4.78, 5) is 18.7. The van der Waals surface area contributed by atoms with E-state index in [1.165, 1.54) is 6.42 Å². The molecule has 0 radical (unpaired) electrons. The van der Waals surface area contributed by atoms with Crippen molar-refractivity contribution in [2.45, 2.75) is 39.7 Å². The molecule has 3 aliphatic carbocycles. The Balaban J connectivity index is 1.74. The zero-order chi connectivity index (χ0) is 16.1. The summed E-state index contributed by atoms with van der Waals surface area (Å²) in [5, 5.41) is 0. The quantitative estimate of drug-likeness (QED) is 0.803. The normalized spacial score (nSPS) is 32.0. The maximum atomic E-state index is 12.6. The molecule has 4 heteroatoms. The minimum atomic E-state index is -0.243. The highest BCUT2D eigenvalue weighted by atomic mass is 16.5. The zero-order valence-electron chi connectivity index (χ0n) is 14.2. The molecule has 2 bridgehead atoms. The molecule has 1 aromatic rings. The van der Waals surface area contributed by atoms with Crippen LogP contribution in [0.2, 0.25) is 0 Å². The van der Waals surface area contributed by atoms with E-state index in [0.717, 1.165) is 6.42 Å². The predicted octanol–water partition coefficient (Wildman–Crippen LogP) is 3.38. The van der Waals surface area contributed by atoms with Crippen LogP contribution in [0.25, 0.3) is 0 Å². The molecule has 0 unspecified atom stereocenters. The van der Waals surface area contributed by atoms with E-state index in [1.54, 1.807) is 18.3 Å². The van der Waals surface area contributed by atoms with Crippen LogP contribution in [-0.2, 0) is 4.74 Å². The van der Waals surface area contributed by atoms with Gasteiger partial charge in [0.15, 0.2) is 0 Å². The summed E-state index contributed by atoms with van der Waals surface area (Å²) in [7, 11) is 3.78. The van der Waals surface area contributed by atoms with E-state index in [4.69, 9.17) is 4.74 Å². The van der Waals surface area contributed by atoms with Gasteiger partial charge in [-0.15, -0.1) is 0 Å². The van der Waals surface area contributed by atoms with Crippen molar-refractivity contribution >= 4 is 11.8 Å². The highest BCUT2D eigenvalue weighted by molar-refractivity contribution is 5.94. The minimum absolute atomic E-state index is 0.0412. The fourth-order valence-corrected chi connectivity index (χ4v) is 4.37. The monoisotopic (exact) mass is 302 g/mol. The average molecular weight is 302 g/mol. The first-order chi connectivity index (χ1) is 10.3. The third-order valence-corrected chi connectivity index (χ3v) is 5.97. The molecule has 0 aromatic carbocycles. The largest absolute Gasteiger partial charge is 0.458 e. The van der Waals surface area contributed by atoms with Gasteiger partial charge in [0.25, 0.3) is 0 Å². The Labute approximate surface area is 132 Å². The molecule has 0 saturated heterocycles. The van der Waals surface area contributed by atoms with E-state index < -0.39 is 0 Å². The summed E-state index contributed by atoms with van der Waals surface area (Å²) in [6.45, 7) is 6.94. The standard InChI is InChI=1S/C18H26N2O2/c1-11-14-9-12(18(14,2)3)10-15(11)22-17(21)13-7-6-8-19-16(13)20(4)5/h6-8,11-12,14-15H,9-10H2,1-5H3/t11-,12-,14+,15-/m0/s1. The Morgan fingerprint density at radius 1 is 1.36 bits per heavy atom. The van der Waals surface area contributed by atoms with Gasteiger partial charge in [0, 0.05) is 20.3 Å². The molecule has 3 fully saturated rings. The van der Waals surface area contributed by atoms with Crippen LogP contribution < -0.4 is 4.90 Å². The second-order valence-electron chi connectivity index (χ2n) is 7.67. The number of anilines is 1. The topological polar surface area (TPSA) is 42.4 Å². The number of carbonyl (C=O) groups excluding carboxylic acids is 1. The molecule has 1 heterocycles. The summed E-state index contributed by atoms with van der Waals surface area (Å²) >= 11 is 0. The van der Waals surface area contributed by atoms with E-state index in [-0.39, 0.29) is 12.1 Å². The van der Waals surface area contributed by atoms with Crippen molar-refractivity contribution in [1.82, 2.24) is 4.98 Å². The van der Waals surface area contributed by atoms with Gasteiger partial charge in [-0.3, -0.25) is 0 Å². The van der Waals surface area contributed by atoms with Crippen LogP contribution in [0, 0.1) is 23.2 Å². The number of rotatable bonds is 3. The number of pyridine rings is 1. The van der Waals surface area contributed by atoms with Gasteiger partial charge in [0.2, 0.25) is 0 Å². The van der Waals surface area contributed by atoms with E-state index in [0.29, 0.717) is 34.6 Å². The molecule has 4 nitrogen and oxygen atoms in total. The van der Waals surface area contributed by atoms with Crippen LogP contribution in [0.4, 0.5) is 5.82 Å². The fourth-order valence-electron chi connectivity index (χ4n) is 4.37. The van der Waals surface area contributed by atoms with Gasteiger partial charge in [-0.2, -0.15) is 0 Å². The fraction of sp³-hybridized carbons (Fsp3) is 0.667. The molecule has 3 saturated carbocycles. The van der Waals surface area contributed by atoms with Gasteiger partial charge in [-0.1, -0.05) is 20.8 Å². The number of ether oxygens (including phenoxy) is 1. The van der Waals surface area contributed by atoms with Gasteiger partial charge in [0.1, 0.15) is 17.5 Å². The Bertz CT molecular complexity index is 582. The Morgan fingerprint density at radius 3 is 2.68 bits per heavy atom. The first kappa shape index (κ1) is 15.3. The van der Waals surface area contributed by atoms with Crippen LogP contribution >= 0.6 is 0 Å². The highest BCUT2D eigenvalue weighted by Gasteiger charge is 2.57. The maximum absolute atomic E-state index is 12.6. The van der Waals surface area contributed by atoms with Gasteiger partial charge < -0.3 is 9.64 Å². The van der Waals surface area contributed by atoms with Crippen molar-refractivity contribution in [2.24, 2.45) is 23.2 Å². The number of carbonyl (C=O) groups is 1. The van der Waals surface area contributed by atoms with E-state index in [9.17, 15) is 4.79 Å². The lowest BCUT2D eigenvalue weighted by molar-refractivity contribution is -0.156. The summed E-state index contributed by atoms with van der Waals surface area (Å²) < 4.78 is 5.87. The van der Waals surface area contributed by atoms with Gasteiger partial charge in [-0.05, 0) is 48.1 Å². The molecule has 4 atom stereocenters. The lowest BCUT2D eigenvalue weighted by Gasteiger charge is -2.61. The molecule has 0 amide bonds. The third kappa shape index (κ3) is 2.29. The lowest BCUT2D eigenvalue weighted by atomic mass is 9.45. The zero-order valence-corrected chi connectivity index (χ0v) is 14.2. The first-order valence-electron chi connectivity index (χ1n) is 8.15. The molecule has 1 aromatic heterocycles. The Hall–Kier alpha value is -1.58. The molecular formula is C18H26N2O2. The van der Waals surface area contributed by atoms with Crippen LogP contribution in [0.3, 0.4) is 0 Å². The van der Waals surface area contributed by atoms with Gasteiger partial charge >= 0.3 is 5.97 Å². The Kier molecular flexibility index (Phi) is 3.66. The molecule has 4 rings (SSSR count). The Morgan fingerprint density at radius 2 is 2.09 bits per heavy atom. The summed E-state index contributed by atoms with van der Waals surface area (Å²) in [6, 6.07) is 3.58. The first-order valence-corrected chi connectivity index (χ1v) is 8.15. The number of hydrogen-bond donors (Lipinski definition) is 0. The number of nitrogens with zero attached hydrogens (tertiary/aromatic N) is 2. The molecule has 0 spiro atoms. The number of esters is 1. The summed E-state index contributed by atoms with van der Waals surface area (Å²) in [5.74, 6) is 2.22. The van der Waals surface area contributed by atoms with Gasteiger partial charge in [0.05, 0.1) is 0 Å².